The number of nitro benzene ring substituents is 1. The highest BCUT2D eigenvalue weighted by molar-refractivity contribution is 5.57. The summed E-state index contributed by atoms with van der Waals surface area (Å²) in [6, 6.07) is 4.98. The van der Waals surface area contributed by atoms with E-state index < -0.39 is 4.92 Å². The van der Waals surface area contributed by atoms with Gasteiger partial charge in [0, 0.05) is 24.4 Å². The molecular weight excluding hydrogens is 256 g/mol. The molecule has 0 heterocycles. The zero-order valence-electron chi connectivity index (χ0n) is 11.9. The summed E-state index contributed by atoms with van der Waals surface area (Å²) in [4.78, 5) is 10.5. The molecule has 110 valence electrons. The molecule has 0 saturated heterocycles. The Morgan fingerprint density at radius 3 is 2.90 bits per heavy atom. The monoisotopic (exact) mass is 278 g/mol. The molecule has 0 amide bonds. The molecule has 5 nitrogen and oxygen atoms in total. The summed E-state index contributed by atoms with van der Waals surface area (Å²) in [6.07, 6.45) is 6.02. The summed E-state index contributed by atoms with van der Waals surface area (Å²) in [5.41, 5.74) is 0.916. The molecule has 0 atom stereocenters. The number of rotatable bonds is 9. The molecule has 0 aliphatic heterocycles. The standard InChI is InChI=1S/C15H22N2O3/c1-2-10-20-15-11-13(7-8-14(15)17(18)19)16-9-3-4-12-5-6-12/h7-8,11-12,16H,2-6,9-10H2,1H3. The number of nitrogens with one attached hydrogen (secondary N) is 1. The Kier molecular flexibility index (Phi) is 5.21. The van der Waals surface area contributed by atoms with Crippen LogP contribution in [0, 0.1) is 16.0 Å². The van der Waals surface area contributed by atoms with Crippen molar-refractivity contribution in [3.63, 3.8) is 0 Å². The zero-order valence-corrected chi connectivity index (χ0v) is 11.9. The Hall–Kier alpha value is -1.78. The van der Waals surface area contributed by atoms with E-state index in [0.29, 0.717) is 12.4 Å². The van der Waals surface area contributed by atoms with Crippen molar-refractivity contribution in [2.24, 2.45) is 5.92 Å². The Morgan fingerprint density at radius 2 is 2.25 bits per heavy atom. The van der Waals surface area contributed by atoms with Gasteiger partial charge in [0.2, 0.25) is 0 Å². The molecule has 1 N–H and O–H groups in total. The first-order valence-electron chi connectivity index (χ1n) is 7.35. The molecule has 1 aromatic rings. The highest BCUT2D eigenvalue weighted by Crippen LogP contribution is 2.33. The summed E-state index contributed by atoms with van der Waals surface area (Å²) in [7, 11) is 0. The van der Waals surface area contributed by atoms with E-state index in [9.17, 15) is 10.1 Å². The van der Waals surface area contributed by atoms with Gasteiger partial charge in [-0.25, -0.2) is 0 Å². The summed E-state index contributed by atoms with van der Waals surface area (Å²) < 4.78 is 5.46. The largest absolute Gasteiger partial charge is 0.487 e. The van der Waals surface area contributed by atoms with E-state index in [-0.39, 0.29) is 5.69 Å². The lowest BCUT2D eigenvalue weighted by Crippen LogP contribution is -2.04. The predicted molar refractivity (Wildman–Crippen MR) is 79.3 cm³/mol. The number of hydrogen-bond acceptors (Lipinski definition) is 4. The molecule has 0 bridgehead atoms. The van der Waals surface area contributed by atoms with Gasteiger partial charge in [-0.2, -0.15) is 0 Å². The van der Waals surface area contributed by atoms with Gasteiger partial charge in [0.15, 0.2) is 5.75 Å². The van der Waals surface area contributed by atoms with Crippen molar-refractivity contribution in [1.82, 2.24) is 0 Å². The number of nitro groups is 1. The Balaban J connectivity index is 1.92. The normalized spacial score (nSPS) is 14.1. The van der Waals surface area contributed by atoms with Crippen molar-refractivity contribution in [1.29, 1.82) is 0 Å². The minimum Gasteiger partial charge on any atom is -0.487 e. The molecule has 20 heavy (non-hydrogen) atoms. The molecular formula is C15H22N2O3. The molecule has 0 unspecified atom stereocenters. The number of nitrogens with zero attached hydrogens (tertiary/aromatic N) is 1. The first-order valence-corrected chi connectivity index (χ1v) is 7.35. The minimum atomic E-state index is -0.401. The molecule has 2 rings (SSSR count). The lowest BCUT2D eigenvalue weighted by molar-refractivity contribution is -0.385. The van der Waals surface area contributed by atoms with Crippen molar-refractivity contribution in [3.05, 3.63) is 28.3 Å². The Morgan fingerprint density at radius 1 is 1.45 bits per heavy atom. The minimum absolute atomic E-state index is 0.0296. The van der Waals surface area contributed by atoms with Crippen LogP contribution in [0.5, 0.6) is 5.75 Å². The summed E-state index contributed by atoms with van der Waals surface area (Å²) in [6.45, 7) is 3.37. The average molecular weight is 278 g/mol. The predicted octanol–water partition coefficient (Wildman–Crippen LogP) is 3.99. The van der Waals surface area contributed by atoms with E-state index in [0.717, 1.165) is 31.0 Å². The fourth-order valence-corrected chi connectivity index (χ4v) is 2.13. The van der Waals surface area contributed by atoms with Crippen LogP contribution in [0.4, 0.5) is 11.4 Å². The first-order chi connectivity index (χ1) is 9.70. The van der Waals surface area contributed by atoms with Crippen LogP contribution in [0.15, 0.2) is 18.2 Å². The number of benzene rings is 1. The summed E-state index contributed by atoms with van der Waals surface area (Å²) in [5.74, 6) is 1.29. The van der Waals surface area contributed by atoms with Gasteiger partial charge in [0.25, 0.3) is 0 Å². The second-order valence-electron chi connectivity index (χ2n) is 5.30. The van der Waals surface area contributed by atoms with Gasteiger partial charge in [-0.1, -0.05) is 19.8 Å². The lowest BCUT2D eigenvalue weighted by atomic mass is 10.2. The van der Waals surface area contributed by atoms with Crippen LogP contribution in [0.25, 0.3) is 0 Å². The quantitative estimate of drug-likeness (QED) is 0.421. The van der Waals surface area contributed by atoms with E-state index in [1.54, 1.807) is 12.1 Å². The summed E-state index contributed by atoms with van der Waals surface area (Å²) >= 11 is 0. The third-order valence-electron chi connectivity index (χ3n) is 3.43. The molecule has 0 radical (unpaired) electrons. The van der Waals surface area contributed by atoms with Crippen LogP contribution in [0.2, 0.25) is 0 Å². The molecule has 0 aromatic heterocycles. The van der Waals surface area contributed by atoms with Gasteiger partial charge in [-0.15, -0.1) is 0 Å². The van der Waals surface area contributed by atoms with Crippen LogP contribution < -0.4 is 10.1 Å². The van der Waals surface area contributed by atoms with Crippen molar-refractivity contribution in [2.45, 2.75) is 39.0 Å². The fraction of sp³-hybridized carbons (Fsp3) is 0.600. The van der Waals surface area contributed by atoms with Crippen molar-refractivity contribution in [2.75, 3.05) is 18.5 Å². The molecule has 0 spiro atoms. The average Bonchev–Trinajstić information content (AvgIpc) is 3.25. The van der Waals surface area contributed by atoms with Crippen LogP contribution in [-0.2, 0) is 0 Å². The van der Waals surface area contributed by atoms with Gasteiger partial charge >= 0.3 is 5.69 Å². The van der Waals surface area contributed by atoms with Crippen molar-refractivity contribution >= 4 is 11.4 Å². The van der Waals surface area contributed by atoms with Crippen molar-refractivity contribution < 1.29 is 9.66 Å². The molecule has 1 fully saturated rings. The van der Waals surface area contributed by atoms with E-state index >= 15 is 0 Å². The van der Waals surface area contributed by atoms with E-state index in [2.05, 4.69) is 5.32 Å². The molecule has 1 aliphatic rings. The maximum absolute atomic E-state index is 10.9. The summed E-state index contributed by atoms with van der Waals surface area (Å²) in [5, 5.41) is 14.3. The number of hydrogen-bond donors (Lipinski definition) is 1. The SMILES string of the molecule is CCCOc1cc(NCCCC2CC2)ccc1[N+](=O)[O-]. The third-order valence-corrected chi connectivity index (χ3v) is 3.43. The highest BCUT2D eigenvalue weighted by Gasteiger charge is 2.20. The van der Waals surface area contributed by atoms with E-state index in [1.165, 1.54) is 25.3 Å². The van der Waals surface area contributed by atoms with Crippen LogP contribution in [-0.4, -0.2) is 18.1 Å². The van der Waals surface area contributed by atoms with Gasteiger partial charge in [-0.05, 0) is 31.2 Å². The zero-order chi connectivity index (χ0) is 14.4. The lowest BCUT2D eigenvalue weighted by Gasteiger charge is -2.10. The molecule has 1 aliphatic carbocycles. The smallest absolute Gasteiger partial charge is 0.311 e. The van der Waals surface area contributed by atoms with Gasteiger partial charge in [0.05, 0.1) is 11.5 Å². The fourth-order valence-electron chi connectivity index (χ4n) is 2.13. The third kappa shape index (κ3) is 4.40. The maximum Gasteiger partial charge on any atom is 0.311 e. The second kappa shape index (κ2) is 7.12. The Bertz CT molecular complexity index is 458. The van der Waals surface area contributed by atoms with Gasteiger partial charge in [-0.3, -0.25) is 10.1 Å². The molecule has 1 aromatic carbocycles. The Labute approximate surface area is 119 Å². The van der Waals surface area contributed by atoms with Crippen LogP contribution in [0.3, 0.4) is 0 Å². The van der Waals surface area contributed by atoms with Crippen molar-refractivity contribution in [3.8, 4) is 5.75 Å². The van der Waals surface area contributed by atoms with Gasteiger partial charge in [0.1, 0.15) is 0 Å². The maximum atomic E-state index is 10.9. The number of ether oxygens (including phenoxy) is 1. The number of anilines is 1. The molecule has 1 saturated carbocycles. The van der Waals surface area contributed by atoms with Crippen LogP contribution in [0.1, 0.15) is 39.0 Å². The van der Waals surface area contributed by atoms with Gasteiger partial charge < -0.3 is 10.1 Å². The van der Waals surface area contributed by atoms with Crippen LogP contribution >= 0.6 is 0 Å². The first kappa shape index (κ1) is 14.6. The van der Waals surface area contributed by atoms with E-state index in [1.807, 2.05) is 6.92 Å². The highest BCUT2D eigenvalue weighted by atomic mass is 16.6. The topological polar surface area (TPSA) is 64.4 Å². The second-order valence-corrected chi connectivity index (χ2v) is 5.30. The van der Waals surface area contributed by atoms with E-state index in [4.69, 9.17) is 4.74 Å². The molecule has 5 heteroatoms.